The fourth-order valence-electron chi connectivity index (χ4n) is 4.35. The van der Waals surface area contributed by atoms with Crippen LogP contribution in [0.25, 0.3) is 16.5 Å². The number of nitrogens with one attached hydrogen (secondary N) is 2. The first-order valence-corrected chi connectivity index (χ1v) is 11.3. The summed E-state index contributed by atoms with van der Waals surface area (Å²) in [6.07, 6.45) is 1.60. The van der Waals surface area contributed by atoms with Crippen molar-refractivity contribution in [2.24, 2.45) is 0 Å². The van der Waals surface area contributed by atoms with Crippen molar-refractivity contribution in [3.8, 4) is 17.5 Å². The Labute approximate surface area is 179 Å². The molecule has 1 aliphatic rings. The number of rotatable bonds is 5. The molecule has 1 aromatic carbocycles. The van der Waals surface area contributed by atoms with Crippen LogP contribution in [-0.4, -0.2) is 52.4 Å². The average Bonchev–Trinajstić information content (AvgIpc) is 3.49. The SMILES string of the molecule is CC[NH+]1CC[NH+]([C@H](c2ccc(C)cc2)c2sc3nc(-c4ccco4)nn3c2O)CC1. The predicted octanol–water partition coefficient (Wildman–Crippen LogP) is 0.958. The second-order valence-corrected chi connectivity index (χ2v) is 9.01. The molecule has 0 spiro atoms. The zero-order valence-corrected chi connectivity index (χ0v) is 18.1. The van der Waals surface area contributed by atoms with Gasteiger partial charge in [-0.3, -0.25) is 0 Å². The van der Waals surface area contributed by atoms with Gasteiger partial charge in [0.15, 0.2) is 11.8 Å². The Morgan fingerprint density at radius 2 is 1.93 bits per heavy atom. The number of likely N-dealkylation sites (N-methyl/N-ethyl adjacent to an activating group) is 1. The first kappa shape index (κ1) is 19.3. The first-order valence-electron chi connectivity index (χ1n) is 10.5. The topological polar surface area (TPSA) is 72.4 Å². The lowest BCUT2D eigenvalue weighted by Crippen LogP contribution is -3.28. The van der Waals surface area contributed by atoms with Crippen LogP contribution in [0.5, 0.6) is 5.88 Å². The minimum Gasteiger partial charge on any atom is -0.492 e. The smallest absolute Gasteiger partial charge is 0.235 e. The first-order chi connectivity index (χ1) is 14.6. The van der Waals surface area contributed by atoms with Crippen molar-refractivity contribution in [1.29, 1.82) is 0 Å². The number of furan rings is 1. The molecule has 0 radical (unpaired) electrons. The zero-order valence-electron chi connectivity index (χ0n) is 17.3. The van der Waals surface area contributed by atoms with Gasteiger partial charge in [0.1, 0.15) is 31.1 Å². The minimum absolute atomic E-state index is 0.0737. The monoisotopic (exact) mass is 425 g/mol. The largest absolute Gasteiger partial charge is 0.492 e. The molecule has 5 rings (SSSR count). The van der Waals surface area contributed by atoms with Gasteiger partial charge in [-0.25, -0.2) is 0 Å². The molecule has 4 aromatic rings. The van der Waals surface area contributed by atoms with Gasteiger partial charge in [-0.2, -0.15) is 9.50 Å². The van der Waals surface area contributed by atoms with E-state index >= 15 is 0 Å². The summed E-state index contributed by atoms with van der Waals surface area (Å²) >= 11 is 1.52. The Morgan fingerprint density at radius 3 is 2.57 bits per heavy atom. The van der Waals surface area contributed by atoms with Gasteiger partial charge in [0, 0.05) is 5.56 Å². The Morgan fingerprint density at radius 1 is 1.17 bits per heavy atom. The number of thiazole rings is 1. The summed E-state index contributed by atoms with van der Waals surface area (Å²) in [7, 11) is 0. The van der Waals surface area contributed by atoms with Gasteiger partial charge < -0.3 is 19.3 Å². The highest BCUT2D eigenvalue weighted by molar-refractivity contribution is 7.17. The van der Waals surface area contributed by atoms with Crippen LogP contribution >= 0.6 is 11.3 Å². The summed E-state index contributed by atoms with van der Waals surface area (Å²) < 4.78 is 6.96. The molecule has 0 amide bonds. The van der Waals surface area contributed by atoms with Crippen molar-refractivity contribution in [3.05, 3.63) is 58.7 Å². The van der Waals surface area contributed by atoms with Crippen molar-refractivity contribution >= 4 is 16.3 Å². The van der Waals surface area contributed by atoms with E-state index in [0.717, 1.165) is 31.1 Å². The van der Waals surface area contributed by atoms with Crippen LogP contribution in [0.15, 0.2) is 47.1 Å². The van der Waals surface area contributed by atoms with Gasteiger partial charge in [0.05, 0.1) is 12.8 Å². The molecular formula is C22H27N5O2S+2. The Kier molecular flexibility index (Phi) is 5.06. The maximum atomic E-state index is 11.1. The quantitative estimate of drug-likeness (QED) is 0.445. The number of hydrogen-bond donors (Lipinski definition) is 3. The molecule has 8 heteroatoms. The highest BCUT2D eigenvalue weighted by Crippen LogP contribution is 2.36. The van der Waals surface area contributed by atoms with Gasteiger partial charge in [0.2, 0.25) is 16.7 Å². The number of nitrogens with zero attached hydrogens (tertiary/aromatic N) is 3. The van der Waals surface area contributed by atoms with Crippen molar-refractivity contribution < 1.29 is 19.3 Å². The fourth-order valence-corrected chi connectivity index (χ4v) is 5.49. The Hall–Kier alpha value is -2.68. The van der Waals surface area contributed by atoms with Gasteiger partial charge in [0.25, 0.3) is 0 Å². The second-order valence-electron chi connectivity index (χ2n) is 8.00. The van der Waals surface area contributed by atoms with Crippen LogP contribution in [0, 0.1) is 6.92 Å². The van der Waals surface area contributed by atoms with E-state index in [0.29, 0.717) is 16.5 Å². The van der Waals surface area contributed by atoms with E-state index in [1.54, 1.807) is 15.7 Å². The molecule has 1 atom stereocenters. The van der Waals surface area contributed by atoms with E-state index in [1.165, 1.54) is 33.9 Å². The molecule has 1 saturated heterocycles. The maximum absolute atomic E-state index is 11.1. The molecule has 7 nitrogen and oxygen atoms in total. The Bertz CT molecular complexity index is 1120. The second kappa shape index (κ2) is 7.86. The van der Waals surface area contributed by atoms with Crippen molar-refractivity contribution in [3.63, 3.8) is 0 Å². The number of hydrogen-bond acceptors (Lipinski definition) is 5. The summed E-state index contributed by atoms with van der Waals surface area (Å²) in [5.41, 5.74) is 2.46. The summed E-state index contributed by atoms with van der Waals surface area (Å²) in [6, 6.07) is 12.4. The highest BCUT2D eigenvalue weighted by Gasteiger charge is 2.36. The van der Waals surface area contributed by atoms with Gasteiger partial charge >= 0.3 is 0 Å². The summed E-state index contributed by atoms with van der Waals surface area (Å²) in [6.45, 7) is 9.97. The summed E-state index contributed by atoms with van der Waals surface area (Å²) in [5.74, 6) is 1.28. The number of benzene rings is 1. The van der Waals surface area contributed by atoms with Crippen LogP contribution in [-0.2, 0) is 0 Å². The molecule has 156 valence electrons. The number of piperazine rings is 1. The molecule has 3 N–H and O–H groups in total. The van der Waals surface area contributed by atoms with Crippen LogP contribution in [0.2, 0.25) is 0 Å². The zero-order chi connectivity index (χ0) is 20.7. The van der Waals surface area contributed by atoms with Gasteiger partial charge in [-0.1, -0.05) is 41.2 Å². The van der Waals surface area contributed by atoms with E-state index in [9.17, 15) is 5.11 Å². The predicted molar refractivity (Wildman–Crippen MR) is 115 cm³/mol. The van der Waals surface area contributed by atoms with Gasteiger partial charge in [-0.05, 0) is 26.0 Å². The van der Waals surface area contributed by atoms with Crippen LogP contribution < -0.4 is 9.80 Å². The minimum atomic E-state index is 0.0737. The molecule has 4 heterocycles. The molecule has 3 aromatic heterocycles. The van der Waals surface area contributed by atoms with Crippen LogP contribution in [0.3, 0.4) is 0 Å². The average molecular weight is 426 g/mol. The number of quaternary nitrogens is 2. The number of fused-ring (bicyclic) bond motifs is 1. The van der Waals surface area contributed by atoms with Crippen molar-refractivity contribution in [1.82, 2.24) is 14.6 Å². The van der Waals surface area contributed by atoms with Gasteiger partial charge in [-0.15, -0.1) is 5.10 Å². The molecular weight excluding hydrogens is 398 g/mol. The fraction of sp³-hybridized carbons (Fsp3) is 0.364. The number of aromatic nitrogens is 3. The normalized spacial score (nSPS) is 20.6. The van der Waals surface area contributed by atoms with Crippen LogP contribution in [0.4, 0.5) is 0 Å². The summed E-state index contributed by atoms with van der Waals surface area (Å²) in [5, 5.41) is 15.6. The standard InChI is InChI=1S/C22H25N5O2S/c1-3-25-10-12-26(13-11-25)18(16-8-6-15(2)7-9-16)19-21(28)27-22(30-19)23-20(24-27)17-5-4-14-29-17/h4-9,14,18,28H,3,10-13H2,1-2H3/p+2/t18-/m1/s1. The molecule has 0 unspecified atom stereocenters. The molecule has 0 saturated carbocycles. The lowest BCUT2D eigenvalue weighted by molar-refractivity contribution is -1.02. The third-order valence-corrected chi connectivity index (χ3v) is 7.21. The molecule has 0 aliphatic carbocycles. The molecule has 30 heavy (non-hydrogen) atoms. The highest BCUT2D eigenvalue weighted by atomic mass is 32.1. The van der Waals surface area contributed by atoms with Crippen LogP contribution in [0.1, 0.15) is 29.0 Å². The third-order valence-electron chi connectivity index (χ3n) is 6.12. The molecule has 1 aliphatic heterocycles. The molecule has 0 bridgehead atoms. The lowest BCUT2D eigenvalue weighted by Gasteiger charge is -2.34. The number of aryl methyl sites for hydroxylation is 1. The van der Waals surface area contributed by atoms with E-state index in [2.05, 4.69) is 48.2 Å². The van der Waals surface area contributed by atoms with E-state index < -0.39 is 0 Å². The summed E-state index contributed by atoms with van der Waals surface area (Å²) in [4.78, 5) is 9.35. The molecule has 1 fully saturated rings. The Balaban J connectivity index is 1.55. The van der Waals surface area contributed by atoms with E-state index in [4.69, 9.17) is 4.42 Å². The van der Waals surface area contributed by atoms with E-state index in [1.807, 2.05) is 12.1 Å². The van der Waals surface area contributed by atoms with Crippen molar-refractivity contribution in [2.45, 2.75) is 19.9 Å². The number of aromatic hydroxyl groups is 1. The maximum Gasteiger partial charge on any atom is 0.235 e. The van der Waals surface area contributed by atoms with E-state index in [-0.39, 0.29) is 11.9 Å². The lowest BCUT2D eigenvalue weighted by atomic mass is 10.0. The van der Waals surface area contributed by atoms with Crippen molar-refractivity contribution in [2.75, 3.05) is 32.7 Å². The third kappa shape index (κ3) is 3.40.